The summed E-state index contributed by atoms with van der Waals surface area (Å²) in [6, 6.07) is 41.9. The molecule has 137 valence electrons. The summed E-state index contributed by atoms with van der Waals surface area (Å²) in [4.78, 5) is 0. The van der Waals surface area contributed by atoms with Gasteiger partial charge in [-0.25, -0.2) is 0 Å². The first-order valence-corrected chi connectivity index (χ1v) is 12.6. The fourth-order valence-corrected chi connectivity index (χ4v) is 8.44. The molecule has 0 aliphatic heterocycles. The summed E-state index contributed by atoms with van der Waals surface area (Å²) in [5, 5.41) is 8.71. The Balaban J connectivity index is 0.000000211. The average Bonchev–Trinajstić information content (AvgIpc) is 2.77. The van der Waals surface area contributed by atoms with E-state index in [1.807, 2.05) is 18.2 Å². The van der Waals surface area contributed by atoms with Crippen molar-refractivity contribution < 1.29 is 5.11 Å². The summed E-state index contributed by atoms with van der Waals surface area (Å²) in [5.41, 5.74) is 0.701. The van der Waals surface area contributed by atoms with Crippen molar-refractivity contribution in [3.05, 3.63) is 127 Å². The Kier molecular flexibility index (Phi) is 7.59. The molecule has 0 aliphatic rings. The van der Waals surface area contributed by atoms with E-state index in [-0.39, 0.29) is 5.05 Å². The first-order valence-electron chi connectivity index (χ1n) is 9.07. The Morgan fingerprint density at radius 3 is 1.04 bits per heavy atom. The second-order valence-electron chi connectivity index (χ2n) is 6.14. The molecule has 0 amide bonds. The molecule has 0 aromatic heterocycles. The van der Waals surface area contributed by atoms with Gasteiger partial charge in [0.2, 0.25) is 0 Å². The molecule has 4 aromatic carbocycles. The maximum atomic E-state index is 8.76. The molecule has 1 N–H and O–H groups in total. The van der Waals surface area contributed by atoms with Crippen LogP contribution in [0.4, 0.5) is 0 Å². The number of rotatable bonds is 4. The van der Waals surface area contributed by atoms with Crippen LogP contribution in [0.25, 0.3) is 0 Å². The van der Waals surface area contributed by atoms with E-state index in [2.05, 4.69) is 103 Å². The summed E-state index contributed by atoms with van der Waals surface area (Å²) in [7, 11) is 0. The monoisotopic (exact) mass is 443 g/mol. The van der Waals surface area contributed by atoms with E-state index in [1.54, 1.807) is 12.1 Å². The third kappa shape index (κ3) is 5.65. The van der Waals surface area contributed by atoms with Gasteiger partial charge < -0.3 is 5.11 Å². The Morgan fingerprint density at radius 1 is 0.500 bits per heavy atom. The zero-order valence-corrected chi connectivity index (χ0v) is 18.3. The Hall–Kier alpha value is -2.69. The summed E-state index contributed by atoms with van der Waals surface area (Å²) in [6.07, 6.45) is 0. The Labute approximate surface area is 176 Å². The molecular formula is C25H21GeOS. The van der Waals surface area contributed by atoms with Gasteiger partial charge in [-0.2, -0.15) is 0 Å². The molecule has 0 unspecified atom stereocenters. The van der Waals surface area contributed by atoms with Gasteiger partial charge in [0.25, 0.3) is 0 Å². The van der Waals surface area contributed by atoms with Crippen molar-refractivity contribution in [2.75, 3.05) is 0 Å². The fraction of sp³-hybridized carbons (Fsp3) is 0. The minimum atomic E-state index is -1.63. The van der Waals surface area contributed by atoms with Crippen molar-refractivity contribution in [3.63, 3.8) is 0 Å². The third-order valence-corrected chi connectivity index (χ3v) is 10.2. The molecular weight excluding hydrogens is 421 g/mol. The predicted molar refractivity (Wildman–Crippen MR) is 125 cm³/mol. The second kappa shape index (κ2) is 10.6. The predicted octanol–water partition coefficient (Wildman–Crippen LogP) is 4.12. The van der Waals surface area contributed by atoms with Gasteiger partial charge in [-0.15, -0.1) is 0 Å². The van der Waals surface area contributed by atoms with E-state index in [1.165, 1.54) is 13.2 Å². The first kappa shape index (κ1) is 20.1. The van der Waals surface area contributed by atoms with E-state index in [0.29, 0.717) is 5.56 Å². The summed E-state index contributed by atoms with van der Waals surface area (Å²) >= 11 is 2.89. The van der Waals surface area contributed by atoms with Crippen LogP contribution in [0, 0.1) is 0 Å². The van der Waals surface area contributed by atoms with E-state index in [0.717, 1.165) is 0 Å². The summed E-state index contributed by atoms with van der Waals surface area (Å²) in [6.45, 7) is 0. The van der Waals surface area contributed by atoms with Gasteiger partial charge in [-0.1, -0.05) is 30.3 Å². The van der Waals surface area contributed by atoms with Gasteiger partial charge >= 0.3 is 119 Å². The average molecular weight is 442 g/mol. The molecule has 0 heterocycles. The van der Waals surface area contributed by atoms with E-state index >= 15 is 0 Å². The van der Waals surface area contributed by atoms with Gasteiger partial charge in [-0.05, 0) is 12.2 Å². The third-order valence-electron chi connectivity index (χ3n) is 4.21. The van der Waals surface area contributed by atoms with Gasteiger partial charge in [0.15, 0.2) is 5.05 Å². The number of aliphatic hydroxyl groups excluding tert-OH is 1. The van der Waals surface area contributed by atoms with Crippen LogP contribution in [0.3, 0.4) is 0 Å². The van der Waals surface area contributed by atoms with Crippen LogP contribution >= 0.6 is 12.2 Å². The van der Waals surface area contributed by atoms with Crippen molar-refractivity contribution in [2.24, 2.45) is 0 Å². The molecule has 4 rings (SSSR count). The molecule has 0 fully saturated rings. The Morgan fingerprint density at radius 2 is 0.786 bits per heavy atom. The number of aliphatic hydroxyl groups is 1. The topological polar surface area (TPSA) is 20.2 Å². The molecule has 28 heavy (non-hydrogen) atoms. The van der Waals surface area contributed by atoms with Gasteiger partial charge in [0.1, 0.15) is 0 Å². The normalized spacial score (nSPS) is 10.0. The maximum absolute atomic E-state index is 8.76. The van der Waals surface area contributed by atoms with Crippen LogP contribution in [0.5, 0.6) is 0 Å². The van der Waals surface area contributed by atoms with Crippen LogP contribution in [-0.4, -0.2) is 24.5 Å². The second-order valence-corrected chi connectivity index (χ2v) is 11.7. The quantitative estimate of drug-likeness (QED) is 0.379. The molecule has 0 atom stereocenters. The molecule has 0 aliphatic carbocycles. The molecule has 0 saturated carbocycles. The van der Waals surface area contributed by atoms with Gasteiger partial charge in [0, 0.05) is 5.56 Å². The van der Waals surface area contributed by atoms with E-state index in [4.69, 9.17) is 5.11 Å². The standard InChI is InChI=1S/C18H15Ge.C7H6OS/c1-4-10-16(11-5-1)19(17-12-6-2-7-13-17)18-14-8-3-9-15-18;8-7(9)6-4-2-1-3-5-6/h1-15H;1-5H,(H,8,9). The number of hydrogen-bond donors (Lipinski definition) is 1. The van der Waals surface area contributed by atoms with Crippen molar-refractivity contribution >= 4 is 44.8 Å². The zero-order chi connectivity index (χ0) is 19.6. The fourth-order valence-electron chi connectivity index (χ4n) is 2.90. The SMILES string of the molecule is OC(=S)c1ccccc1.c1cc[c]([Ge]([c]2ccccc2)[c]2ccccc2)cc1. The Bertz CT molecular complexity index is 880. The molecule has 1 nitrogen and oxygen atoms in total. The van der Waals surface area contributed by atoms with E-state index in [9.17, 15) is 0 Å². The molecule has 1 radical (unpaired) electrons. The van der Waals surface area contributed by atoms with Gasteiger partial charge in [-0.3, -0.25) is 0 Å². The van der Waals surface area contributed by atoms with Crippen molar-refractivity contribution in [1.82, 2.24) is 0 Å². The first-order chi connectivity index (χ1) is 13.8. The van der Waals surface area contributed by atoms with Crippen LogP contribution < -0.4 is 13.2 Å². The van der Waals surface area contributed by atoms with Crippen LogP contribution in [0.1, 0.15) is 5.56 Å². The van der Waals surface area contributed by atoms with Crippen molar-refractivity contribution in [1.29, 1.82) is 0 Å². The molecule has 3 heteroatoms. The minimum absolute atomic E-state index is 0.0457. The zero-order valence-electron chi connectivity index (χ0n) is 15.4. The molecule has 0 spiro atoms. The number of hydrogen-bond acceptors (Lipinski definition) is 1. The van der Waals surface area contributed by atoms with Crippen molar-refractivity contribution in [3.8, 4) is 0 Å². The van der Waals surface area contributed by atoms with E-state index < -0.39 is 14.3 Å². The van der Waals surface area contributed by atoms with Crippen LogP contribution in [0.2, 0.25) is 0 Å². The van der Waals surface area contributed by atoms with Crippen LogP contribution in [0.15, 0.2) is 121 Å². The van der Waals surface area contributed by atoms with Crippen molar-refractivity contribution in [2.45, 2.75) is 0 Å². The molecule has 0 saturated heterocycles. The summed E-state index contributed by atoms with van der Waals surface area (Å²) < 4.78 is 4.50. The molecule has 0 bridgehead atoms. The number of benzene rings is 4. The van der Waals surface area contributed by atoms with Gasteiger partial charge in [0.05, 0.1) is 0 Å². The summed E-state index contributed by atoms with van der Waals surface area (Å²) in [5.74, 6) is 0. The van der Waals surface area contributed by atoms with Crippen LogP contribution in [-0.2, 0) is 0 Å². The molecule has 4 aromatic rings. The number of thiocarbonyl (C=S) groups is 1.